The van der Waals surface area contributed by atoms with Gasteiger partial charge < -0.3 is 9.05 Å². The predicted octanol–water partition coefficient (Wildman–Crippen LogP) is 4.20. The predicted molar refractivity (Wildman–Crippen MR) is 71.2 cm³/mol. The third-order valence-electron chi connectivity index (χ3n) is 2.58. The van der Waals surface area contributed by atoms with Crippen molar-refractivity contribution < 1.29 is 27.2 Å². The highest BCUT2D eigenvalue weighted by molar-refractivity contribution is 7.54. The summed E-state index contributed by atoms with van der Waals surface area (Å²) in [6.07, 6.45) is 0. The van der Waals surface area contributed by atoms with Crippen LogP contribution in [0.25, 0.3) is 0 Å². The van der Waals surface area contributed by atoms with Gasteiger partial charge in [0, 0.05) is 11.1 Å². The minimum Gasteiger partial charge on any atom is -0.304 e. The van der Waals surface area contributed by atoms with Crippen molar-refractivity contribution >= 4 is 13.4 Å². The van der Waals surface area contributed by atoms with Crippen LogP contribution in [-0.4, -0.2) is 19.0 Å². The van der Waals surface area contributed by atoms with Crippen molar-refractivity contribution in [1.29, 1.82) is 0 Å². The van der Waals surface area contributed by atoms with Crippen LogP contribution in [-0.2, 0) is 19.3 Å². The summed E-state index contributed by atoms with van der Waals surface area (Å²) >= 11 is 0. The Morgan fingerprint density at radius 3 is 1.95 bits per heavy atom. The lowest BCUT2D eigenvalue weighted by atomic mass is 10.1. The van der Waals surface area contributed by atoms with E-state index in [4.69, 9.17) is 0 Å². The minimum absolute atomic E-state index is 0.154. The summed E-state index contributed by atoms with van der Waals surface area (Å²) in [6.45, 7) is 3.94. The summed E-state index contributed by atoms with van der Waals surface area (Å²) in [6, 6.07) is 4.63. The number of carbonyl (C=O) groups is 1. The van der Waals surface area contributed by atoms with Crippen molar-refractivity contribution in [2.45, 2.75) is 26.4 Å². The summed E-state index contributed by atoms with van der Waals surface area (Å²) in [7, 11) is -4.60. The van der Waals surface area contributed by atoms with Gasteiger partial charge >= 0.3 is 13.3 Å². The van der Waals surface area contributed by atoms with E-state index in [1.165, 1.54) is 32.9 Å². The van der Waals surface area contributed by atoms with Gasteiger partial charge in [0.05, 0.1) is 13.2 Å². The molecular weight excluding hydrogens is 289 g/mol. The van der Waals surface area contributed by atoms with Gasteiger partial charge in [0.15, 0.2) is 5.78 Å². The fourth-order valence-electron chi connectivity index (χ4n) is 1.60. The topological polar surface area (TPSA) is 52.6 Å². The molecule has 0 spiro atoms. The normalized spacial score (nSPS) is 12.4. The Hall–Kier alpha value is -1.10. The van der Waals surface area contributed by atoms with Gasteiger partial charge in [-0.2, -0.15) is 8.78 Å². The number of benzene rings is 1. The van der Waals surface area contributed by atoms with Crippen molar-refractivity contribution in [3.05, 3.63) is 35.4 Å². The van der Waals surface area contributed by atoms with E-state index in [2.05, 4.69) is 9.05 Å². The van der Waals surface area contributed by atoms with Crippen LogP contribution in [0.3, 0.4) is 0 Å². The first-order valence-corrected chi connectivity index (χ1v) is 7.71. The first-order valence-electron chi connectivity index (χ1n) is 6.17. The highest BCUT2D eigenvalue weighted by Crippen LogP contribution is 2.66. The van der Waals surface area contributed by atoms with Crippen LogP contribution in [0.2, 0.25) is 0 Å². The molecular formula is C13H17F2O4P. The Morgan fingerprint density at radius 2 is 1.60 bits per heavy atom. The standard InChI is InChI=1S/C13H17F2O4P/c1-4-18-20(17,19-5-2)13(14,15)12-8-6-11(7-9-12)10(3)16/h6-9H,4-5H2,1-3H3. The second-order valence-corrected chi connectivity index (χ2v) is 6.08. The highest BCUT2D eigenvalue weighted by Gasteiger charge is 2.54. The molecule has 0 saturated carbocycles. The molecule has 0 aliphatic carbocycles. The fraction of sp³-hybridized carbons (Fsp3) is 0.462. The summed E-state index contributed by atoms with van der Waals surface area (Å²) < 4.78 is 50.2. The van der Waals surface area contributed by atoms with E-state index in [0.717, 1.165) is 12.1 Å². The summed E-state index contributed by atoms with van der Waals surface area (Å²) in [5.74, 6) is -0.238. The monoisotopic (exact) mass is 306 g/mol. The van der Waals surface area contributed by atoms with Crippen LogP contribution >= 0.6 is 7.60 Å². The van der Waals surface area contributed by atoms with Gasteiger partial charge in [0.25, 0.3) is 0 Å². The average Bonchev–Trinajstić information content (AvgIpc) is 2.39. The van der Waals surface area contributed by atoms with E-state index >= 15 is 0 Å². The van der Waals surface area contributed by atoms with Gasteiger partial charge in [0.1, 0.15) is 0 Å². The van der Waals surface area contributed by atoms with E-state index in [0.29, 0.717) is 5.56 Å². The Kier molecular flexibility index (Phi) is 5.57. The number of hydrogen-bond donors (Lipinski definition) is 0. The largest absolute Gasteiger partial charge is 0.404 e. The molecule has 0 aliphatic rings. The molecule has 1 rings (SSSR count). The van der Waals surface area contributed by atoms with Gasteiger partial charge in [0.2, 0.25) is 0 Å². The number of ketones is 1. The molecule has 0 heterocycles. The van der Waals surface area contributed by atoms with E-state index in [9.17, 15) is 18.1 Å². The maximum atomic E-state index is 14.3. The van der Waals surface area contributed by atoms with Crippen LogP contribution < -0.4 is 0 Å². The summed E-state index contributed by atoms with van der Waals surface area (Å²) in [5.41, 5.74) is -3.98. The quantitative estimate of drug-likeness (QED) is 0.559. The second-order valence-electron chi connectivity index (χ2n) is 4.01. The Labute approximate surface area is 116 Å². The molecule has 7 heteroatoms. The van der Waals surface area contributed by atoms with E-state index < -0.39 is 18.8 Å². The van der Waals surface area contributed by atoms with Crippen LogP contribution in [0.5, 0.6) is 0 Å². The Balaban J connectivity index is 3.18. The van der Waals surface area contributed by atoms with Crippen LogP contribution in [0.15, 0.2) is 24.3 Å². The van der Waals surface area contributed by atoms with Crippen molar-refractivity contribution in [2.24, 2.45) is 0 Å². The van der Waals surface area contributed by atoms with Crippen molar-refractivity contribution in [2.75, 3.05) is 13.2 Å². The molecule has 0 aliphatic heterocycles. The zero-order valence-corrected chi connectivity index (χ0v) is 12.5. The molecule has 112 valence electrons. The molecule has 1 aromatic carbocycles. The van der Waals surface area contributed by atoms with Crippen LogP contribution in [0.4, 0.5) is 8.78 Å². The van der Waals surface area contributed by atoms with Gasteiger partial charge in [-0.15, -0.1) is 0 Å². The molecule has 0 atom stereocenters. The van der Waals surface area contributed by atoms with Gasteiger partial charge in [-0.1, -0.05) is 24.3 Å². The van der Waals surface area contributed by atoms with Crippen molar-refractivity contribution in [3.63, 3.8) is 0 Å². The van der Waals surface area contributed by atoms with Crippen molar-refractivity contribution in [3.8, 4) is 0 Å². The Bertz CT molecular complexity index is 504. The fourth-order valence-corrected chi connectivity index (χ4v) is 3.15. The van der Waals surface area contributed by atoms with E-state index in [1.807, 2.05) is 0 Å². The molecule has 0 fully saturated rings. The lowest BCUT2D eigenvalue weighted by Crippen LogP contribution is -2.18. The number of Topliss-reactive ketones (excluding diaryl/α,β-unsaturated/α-hetero) is 1. The number of rotatable bonds is 7. The number of halogens is 2. The minimum atomic E-state index is -4.60. The summed E-state index contributed by atoms with van der Waals surface area (Å²) in [5, 5.41) is 0. The number of alkyl halides is 2. The zero-order valence-electron chi connectivity index (χ0n) is 11.6. The molecule has 0 unspecified atom stereocenters. The maximum Gasteiger partial charge on any atom is 0.404 e. The second kappa shape index (κ2) is 6.57. The van der Waals surface area contributed by atoms with Crippen LogP contribution in [0.1, 0.15) is 36.7 Å². The van der Waals surface area contributed by atoms with Gasteiger partial charge in [-0.05, 0) is 20.8 Å². The Morgan fingerprint density at radius 1 is 1.15 bits per heavy atom. The van der Waals surface area contributed by atoms with Crippen molar-refractivity contribution in [1.82, 2.24) is 0 Å². The lowest BCUT2D eigenvalue weighted by Gasteiger charge is -2.26. The smallest absolute Gasteiger partial charge is 0.304 e. The summed E-state index contributed by atoms with van der Waals surface area (Å²) in [4.78, 5) is 11.1. The molecule has 20 heavy (non-hydrogen) atoms. The molecule has 4 nitrogen and oxygen atoms in total. The third kappa shape index (κ3) is 3.32. The lowest BCUT2D eigenvalue weighted by molar-refractivity contribution is 0.0360. The van der Waals surface area contributed by atoms with Crippen LogP contribution in [0, 0.1) is 0 Å². The SMILES string of the molecule is CCOP(=O)(OCC)C(F)(F)c1ccc(C(C)=O)cc1. The maximum absolute atomic E-state index is 14.3. The number of carbonyl (C=O) groups excluding carboxylic acids is 1. The molecule has 0 amide bonds. The van der Waals surface area contributed by atoms with E-state index in [-0.39, 0.29) is 19.0 Å². The molecule has 0 N–H and O–H groups in total. The molecule has 0 saturated heterocycles. The average molecular weight is 306 g/mol. The molecule has 0 bridgehead atoms. The first-order chi connectivity index (χ1) is 9.28. The third-order valence-corrected chi connectivity index (χ3v) is 4.72. The number of hydrogen-bond acceptors (Lipinski definition) is 4. The molecule has 1 aromatic rings. The molecule has 0 radical (unpaired) electrons. The highest BCUT2D eigenvalue weighted by atomic mass is 31.2. The van der Waals surface area contributed by atoms with Gasteiger partial charge in [-0.3, -0.25) is 9.36 Å². The first kappa shape index (κ1) is 17.0. The van der Waals surface area contributed by atoms with E-state index in [1.54, 1.807) is 0 Å². The zero-order chi connectivity index (χ0) is 15.4. The molecule has 0 aromatic heterocycles. The van der Waals surface area contributed by atoms with Gasteiger partial charge in [-0.25, -0.2) is 0 Å².